The van der Waals surface area contributed by atoms with Gasteiger partial charge in [0, 0.05) is 40.0 Å². The quantitative estimate of drug-likeness (QED) is 0.479. The lowest BCUT2D eigenvalue weighted by Gasteiger charge is -2.32. The fourth-order valence-electron chi connectivity index (χ4n) is 3.44. The monoisotopic (exact) mass is 343 g/mol. The molecule has 0 atom stereocenters. The third kappa shape index (κ3) is 2.87. The summed E-state index contributed by atoms with van der Waals surface area (Å²) in [7, 11) is 2.15. The Morgan fingerprint density at radius 1 is 0.760 bits per heavy atom. The van der Waals surface area contributed by atoms with Gasteiger partial charge in [-0.25, -0.2) is 0 Å². The predicted octanol–water partition coefficient (Wildman–Crippen LogP) is 6.65. The van der Waals surface area contributed by atoms with Crippen molar-refractivity contribution in [1.82, 2.24) is 0 Å². The van der Waals surface area contributed by atoms with Gasteiger partial charge in [-0.15, -0.1) is 0 Å². The number of thioether (sulfide) groups is 1. The SMILES string of the molecule is CC(Sc1ccc(C)cc1)=C1c2ccccc2N(C)c2ccccc21. The summed E-state index contributed by atoms with van der Waals surface area (Å²) in [6.07, 6.45) is 0. The molecule has 3 aromatic rings. The molecule has 0 spiro atoms. The largest absolute Gasteiger partial charge is 0.344 e. The molecule has 0 aliphatic carbocycles. The minimum Gasteiger partial charge on any atom is -0.344 e. The Kier molecular flexibility index (Phi) is 4.14. The summed E-state index contributed by atoms with van der Waals surface area (Å²) in [6.45, 7) is 4.36. The molecule has 4 rings (SSSR count). The number of allylic oxidation sites excluding steroid dienone is 1. The molecule has 1 aliphatic rings. The standard InChI is InChI=1S/C23H21NS/c1-16-12-14-18(15-13-16)25-17(2)23-19-8-4-6-10-21(19)24(3)22-11-7-5-9-20(22)23/h4-15H,1-3H3. The lowest BCUT2D eigenvalue weighted by Crippen LogP contribution is -2.18. The third-order valence-electron chi connectivity index (χ3n) is 4.71. The van der Waals surface area contributed by atoms with Gasteiger partial charge in [-0.3, -0.25) is 0 Å². The van der Waals surface area contributed by atoms with Gasteiger partial charge in [0.1, 0.15) is 0 Å². The summed E-state index contributed by atoms with van der Waals surface area (Å²) in [6, 6.07) is 26.1. The number of anilines is 2. The van der Waals surface area contributed by atoms with Crippen molar-refractivity contribution < 1.29 is 0 Å². The molecule has 0 aromatic heterocycles. The molecule has 0 saturated heterocycles. The fraction of sp³-hybridized carbons (Fsp3) is 0.130. The number of rotatable bonds is 2. The maximum absolute atomic E-state index is 2.29. The minimum atomic E-state index is 1.26. The highest BCUT2D eigenvalue weighted by Crippen LogP contribution is 2.47. The molecule has 0 N–H and O–H groups in total. The van der Waals surface area contributed by atoms with E-state index in [9.17, 15) is 0 Å². The van der Waals surface area contributed by atoms with Gasteiger partial charge in [-0.1, -0.05) is 65.9 Å². The number of hydrogen-bond donors (Lipinski definition) is 0. The van der Waals surface area contributed by atoms with Crippen LogP contribution in [0.15, 0.2) is 82.6 Å². The van der Waals surface area contributed by atoms with Gasteiger partial charge in [0.05, 0.1) is 0 Å². The summed E-state index contributed by atoms with van der Waals surface area (Å²) in [5.41, 5.74) is 7.78. The van der Waals surface area contributed by atoms with E-state index in [1.807, 2.05) is 11.8 Å². The van der Waals surface area contributed by atoms with Crippen LogP contribution in [0.5, 0.6) is 0 Å². The Hall–Kier alpha value is -2.45. The van der Waals surface area contributed by atoms with Crippen LogP contribution >= 0.6 is 11.8 Å². The van der Waals surface area contributed by atoms with E-state index in [-0.39, 0.29) is 0 Å². The number of para-hydroxylation sites is 2. The van der Waals surface area contributed by atoms with Gasteiger partial charge in [0.2, 0.25) is 0 Å². The van der Waals surface area contributed by atoms with Crippen LogP contribution in [0.4, 0.5) is 11.4 Å². The van der Waals surface area contributed by atoms with Gasteiger partial charge < -0.3 is 4.90 Å². The van der Waals surface area contributed by atoms with Gasteiger partial charge in [-0.2, -0.15) is 0 Å². The van der Waals surface area contributed by atoms with E-state index in [2.05, 4.69) is 98.6 Å². The van der Waals surface area contributed by atoms with Crippen molar-refractivity contribution in [3.8, 4) is 0 Å². The summed E-state index contributed by atoms with van der Waals surface area (Å²) in [5.74, 6) is 0. The Balaban J connectivity index is 1.88. The Morgan fingerprint density at radius 3 is 1.84 bits per heavy atom. The van der Waals surface area contributed by atoms with Crippen LogP contribution in [-0.2, 0) is 0 Å². The van der Waals surface area contributed by atoms with Crippen molar-refractivity contribution in [2.75, 3.05) is 11.9 Å². The van der Waals surface area contributed by atoms with E-state index in [0.717, 1.165) is 0 Å². The van der Waals surface area contributed by atoms with Crippen molar-refractivity contribution in [3.63, 3.8) is 0 Å². The van der Waals surface area contributed by atoms with E-state index in [1.165, 1.54) is 43.4 Å². The van der Waals surface area contributed by atoms with Gasteiger partial charge >= 0.3 is 0 Å². The molecule has 25 heavy (non-hydrogen) atoms. The minimum absolute atomic E-state index is 1.26. The Bertz CT molecular complexity index is 904. The van der Waals surface area contributed by atoms with E-state index < -0.39 is 0 Å². The molecule has 0 bridgehead atoms. The Morgan fingerprint density at radius 2 is 1.28 bits per heavy atom. The molecule has 1 heterocycles. The molecule has 1 aliphatic heterocycles. The highest BCUT2D eigenvalue weighted by atomic mass is 32.2. The number of hydrogen-bond acceptors (Lipinski definition) is 2. The van der Waals surface area contributed by atoms with Gasteiger partial charge in [-0.05, 0) is 43.0 Å². The number of benzene rings is 3. The smallest absolute Gasteiger partial charge is 0.0488 e. The van der Waals surface area contributed by atoms with E-state index in [1.54, 1.807) is 0 Å². The molecule has 0 saturated carbocycles. The number of fused-ring (bicyclic) bond motifs is 2. The second-order valence-corrected chi connectivity index (χ2v) is 7.73. The fourth-order valence-corrected chi connectivity index (χ4v) is 4.39. The summed E-state index contributed by atoms with van der Waals surface area (Å²) in [5, 5.41) is 0. The van der Waals surface area contributed by atoms with Crippen LogP contribution in [-0.4, -0.2) is 7.05 Å². The van der Waals surface area contributed by atoms with Crippen molar-refractivity contribution >= 4 is 28.7 Å². The van der Waals surface area contributed by atoms with Crippen LogP contribution in [0.2, 0.25) is 0 Å². The molecule has 0 fully saturated rings. The normalized spacial score (nSPS) is 12.6. The predicted molar refractivity (Wildman–Crippen MR) is 110 cm³/mol. The first-order chi connectivity index (χ1) is 12.1. The van der Waals surface area contributed by atoms with E-state index >= 15 is 0 Å². The second kappa shape index (κ2) is 6.45. The zero-order valence-corrected chi connectivity index (χ0v) is 15.6. The van der Waals surface area contributed by atoms with Crippen LogP contribution in [0.1, 0.15) is 23.6 Å². The molecular formula is C23H21NS. The van der Waals surface area contributed by atoms with Crippen molar-refractivity contribution in [2.24, 2.45) is 0 Å². The number of aryl methyl sites for hydroxylation is 1. The Labute approximate surface area is 154 Å². The van der Waals surface area contributed by atoms with Crippen LogP contribution in [0, 0.1) is 6.92 Å². The summed E-state index contributed by atoms with van der Waals surface area (Å²) >= 11 is 1.85. The molecule has 0 unspecified atom stereocenters. The first kappa shape index (κ1) is 16.0. The third-order valence-corrected chi connectivity index (χ3v) is 5.73. The summed E-state index contributed by atoms with van der Waals surface area (Å²) in [4.78, 5) is 4.90. The molecule has 3 aromatic carbocycles. The highest BCUT2D eigenvalue weighted by Gasteiger charge is 2.25. The van der Waals surface area contributed by atoms with Crippen molar-refractivity contribution in [2.45, 2.75) is 18.7 Å². The zero-order valence-electron chi connectivity index (χ0n) is 14.8. The molecule has 0 amide bonds. The zero-order chi connectivity index (χ0) is 17.4. The molecule has 124 valence electrons. The molecule has 2 heteroatoms. The lowest BCUT2D eigenvalue weighted by molar-refractivity contribution is 1.17. The van der Waals surface area contributed by atoms with Gasteiger partial charge in [0.15, 0.2) is 0 Å². The van der Waals surface area contributed by atoms with Crippen LogP contribution < -0.4 is 4.90 Å². The lowest BCUT2D eigenvalue weighted by atomic mass is 9.90. The van der Waals surface area contributed by atoms with Crippen molar-refractivity contribution in [3.05, 3.63) is 94.4 Å². The van der Waals surface area contributed by atoms with E-state index in [4.69, 9.17) is 0 Å². The summed E-state index contributed by atoms with van der Waals surface area (Å²) < 4.78 is 0. The maximum Gasteiger partial charge on any atom is 0.0488 e. The highest BCUT2D eigenvalue weighted by molar-refractivity contribution is 8.03. The first-order valence-corrected chi connectivity index (χ1v) is 9.35. The van der Waals surface area contributed by atoms with Crippen molar-refractivity contribution in [1.29, 1.82) is 0 Å². The topological polar surface area (TPSA) is 3.24 Å². The van der Waals surface area contributed by atoms with Crippen LogP contribution in [0.25, 0.3) is 5.57 Å². The van der Waals surface area contributed by atoms with E-state index in [0.29, 0.717) is 0 Å². The molecule has 1 nitrogen and oxygen atoms in total. The molecule has 0 radical (unpaired) electrons. The van der Waals surface area contributed by atoms with Crippen LogP contribution in [0.3, 0.4) is 0 Å². The maximum atomic E-state index is 2.29. The average Bonchev–Trinajstić information content (AvgIpc) is 2.64. The second-order valence-electron chi connectivity index (χ2n) is 6.44. The first-order valence-electron chi connectivity index (χ1n) is 8.53. The number of nitrogens with zero attached hydrogens (tertiary/aromatic N) is 1. The van der Waals surface area contributed by atoms with Gasteiger partial charge in [0.25, 0.3) is 0 Å². The average molecular weight is 343 g/mol. The molecular weight excluding hydrogens is 322 g/mol.